The summed E-state index contributed by atoms with van der Waals surface area (Å²) >= 11 is 0. The van der Waals surface area contributed by atoms with Crippen LogP contribution in [0.3, 0.4) is 0 Å². The quantitative estimate of drug-likeness (QED) is 0.810. The summed E-state index contributed by atoms with van der Waals surface area (Å²) in [5, 5.41) is 0.869. The fraction of sp³-hybridized carbons (Fsp3) is 0.438. The summed E-state index contributed by atoms with van der Waals surface area (Å²) in [4.78, 5) is 11.4. The first kappa shape index (κ1) is 13.9. The molecule has 1 fully saturated rings. The van der Waals surface area contributed by atoms with E-state index in [1.165, 1.54) is 7.11 Å². The molecule has 112 valence electrons. The minimum absolute atomic E-state index is 0.187. The minimum atomic E-state index is -0.292. The van der Waals surface area contributed by atoms with E-state index in [1.54, 1.807) is 6.26 Å². The molecule has 0 aliphatic carbocycles. The van der Waals surface area contributed by atoms with Crippen LogP contribution in [0.2, 0.25) is 0 Å². The van der Waals surface area contributed by atoms with Gasteiger partial charge in [0.1, 0.15) is 0 Å². The van der Waals surface area contributed by atoms with Crippen molar-refractivity contribution in [3.8, 4) is 5.75 Å². The molecule has 1 aromatic heterocycles. The van der Waals surface area contributed by atoms with Crippen molar-refractivity contribution in [3.05, 3.63) is 30.0 Å². The summed E-state index contributed by atoms with van der Waals surface area (Å²) in [6.07, 6.45) is 4.61. The van der Waals surface area contributed by atoms with Crippen molar-refractivity contribution in [3.63, 3.8) is 0 Å². The van der Waals surface area contributed by atoms with Gasteiger partial charge in [-0.2, -0.15) is 0 Å². The van der Waals surface area contributed by atoms with Crippen LogP contribution in [0.5, 0.6) is 5.75 Å². The van der Waals surface area contributed by atoms with E-state index in [9.17, 15) is 4.79 Å². The van der Waals surface area contributed by atoms with Crippen LogP contribution < -0.4 is 4.74 Å². The highest BCUT2D eigenvalue weighted by Crippen LogP contribution is 2.31. The first-order valence-corrected chi connectivity index (χ1v) is 7.12. The lowest BCUT2D eigenvalue weighted by molar-refractivity contribution is -0.139. The second-order valence-corrected chi connectivity index (χ2v) is 5.06. The van der Waals surface area contributed by atoms with E-state index in [2.05, 4.69) is 0 Å². The van der Waals surface area contributed by atoms with Crippen LogP contribution >= 0.6 is 0 Å². The Morgan fingerprint density at radius 1 is 1.38 bits per heavy atom. The van der Waals surface area contributed by atoms with Gasteiger partial charge in [0.05, 0.1) is 26.4 Å². The molecule has 1 unspecified atom stereocenters. The molecule has 2 heterocycles. The number of carbonyl (C=O) groups excluding carboxylic acids is 1. The molecule has 0 saturated carbocycles. The molecule has 2 aromatic rings. The van der Waals surface area contributed by atoms with Crippen molar-refractivity contribution in [1.82, 2.24) is 0 Å². The molecule has 21 heavy (non-hydrogen) atoms. The Bertz CT molecular complexity index is 625. The second kappa shape index (κ2) is 6.18. The van der Waals surface area contributed by atoms with Gasteiger partial charge in [0.25, 0.3) is 0 Å². The molecule has 3 rings (SSSR count). The van der Waals surface area contributed by atoms with Crippen LogP contribution in [0.15, 0.2) is 28.9 Å². The van der Waals surface area contributed by atoms with E-state index in [4.69, 9.17) is 18.6 Å². The second-order valence-electron chi connectivity index (χ2n) is 5.06. The maximum atomic E-state index is 11.4. The first-order chi connectivity index (χ1) is 10.3. The van der Waals surface area contributed by atoms with E-state index in [1.807, 2.05) is 18.2 Å². The summed E-state index contributed by atoms with van der Waals surface area (Å²) < 4.78 is 21.7. The van der Waals surface area contributed by atoms with Crippen molar-refractivity contribution in [1.29, 1.82) is 0 Å². The van der Waals surface area contributed by atoms with Crippen LogP contribution in [0.1, 0.15) is 24.8 Å². The van der Waals surface area contributed by atoms with Gasteiger partial charge in [-0.1, -0.05) is 12.1 Å². The molecule has 1 saturated heterocycles. The Morgan fingerprint density at radius 2 is 2.29 bits per heavy atom. The molecule has 1 atom stereocenters. The molecular weight excluding hydrogens is 272 g/mol. The van der Waals surface area contributed by atoms with Gasteiger partial charge < -0.3 is 18.6 Å². The highest BCUT2D eigenvalue weighted by molar-refractivity contribution is 5.89. The first-order valence-electron chi connectivity index (χ1n) is 7.12. The third kappa shape index (κ3) is 3.03. The summed E-state index contributed by atoms with van der Waals surface area (Å²) in [6, 6.07) is 5.65. The average Bonchev–Trinajstić information content (AvgIpc) is 2.92. The molecule has 0 radical (unpaired) electrons. The predicted octanol–water partition coefficient (Wildman–Crippen LogP) is 3.05. The van der Waals surface area contributed by atoms with Crippen molar-refractivity contribution in [2.24, 2.45) is 0 Å². The number of furan rings is 1. The Hall–Kier alpha value is -2.01. The van der Waals surface area contributed by atoms with E-state index >= 15 is 0 Å². The smallest absolute Gasteiger partial charge is 0.310 e. The van der Waals surface area contributed by atoms with Gasteiger partial charge in [-0.05, 0) is 18.9 Å². The van der Waals surface area contributed by atoms with Crippen molar-refractivity contribution >= 4 is 16.9 Å². The molecule has 1 aliphatic heterocycles. The lowest BCUT2D eigenvalue weighted by Gasteiger charge is -2.23. The Labute approximate surface area is 122 Å². The van der Waals surface area contributed by atoms with Crippen LogP contribution in [-0.4, -0.2) is 26.0 Å². The van der Waals surface area contributed by atoms with Crippen LogP contribution in [-0.2, 0) is 20.7 Å². The summed E-state index contributed by atoms with van der Waals surface area (Å²) in [5.41, 5.74) is 1.44. The molecule has 1 aromatic carbocycles. The van der Waals surface area contributed by atoms with E-state index in [-0.39, 0.29) is 18.7 Å². The van der Waals surface area contributed by atoms with Crippen LogP contribution in [0.4, 0.5) is 0 Å². The van der Waals surface area contributed by atoms with Gasteiger partial charge in [-0.15, -0.1) is 0 Å². The number of para-hydroxylation sites is 1. The van der Waals surface area contributed by atoms with Gasteiger partial charge in [-0.3, -0.25) is 4.79 Å². The fourth-order valence-electron chi connectivity index (χ4n) is 2.49. The van der Waals surface area contributed by atoms with Crippen LogP contribution in [0.25, 0.3) is 11.0 Å². The van der Waals surface area contributed by atoms with Crippen molar-refractivity contribution in [2.45, 2.75) is 32.0 Å². The third-order valence-electron chi connectivity index (χ3n) is 3.60. The van der Waals surface area contributed by atoms with E-state index in [0.29, 0.717) is 11.3 Å². The lowest BCUT2D eigenvalue weighted by Crippen LogP contribution is -2.25. The zero-order chi connectivity index (χ0) is 14.7. The summed E-state index contributed by atoms with van der Waals surface area (Å²) in [5.74, 6) is 0.357. The van der Waals surface area contributed by atoms with Crippen molar-refractivity contribution < 1.29 is 23.4 Å². The van der Waals surface area contributed by atoms with Gasteiger partial charge >= 0.3 is 5.97 Å². The number of carbonyl (C=O) groups is 1. The van der Waals surface area contributed by atoms with E-state index in [0.717, 1.165) is 36.8 Å². The highest BCUT2D eigenvalue weighted by atomic mass is 16.7. The van der Waals surface area contributed by atoms with Crippen molar-refractivity contribution in [2.75, 3.05) is 13.7 Å². The topological polar surface area (TPSA) is 57.9 Å². The van der Waals surface area contributed by atoms with Crippen LogP contribution in [0, 0.1) is 0 Å². The third-order valence-corrected chi connectivity index (χ3v) is 3.60. The largest absolute Gasteiger partial charge is 0.469 e. The standard InChI is InChI=1S/C16H18O5/c1-18-14(17)9-11-10-20-16-12(11)5-4-6-13(16)21-15-7-2-3-8-19-15/h4-6,10,15H,2-3,7-9H2,1H3. The Kier molecular flexibility index (Phi) is 4.10. The van der Waals surface area contributed by atoms with Gasteiger partial charge in [0.2, 0.25) is 0 Å². The monoisotopic (exact) mass is 290 g/mol. The zero-order valence-electron chi connectivity index (χ0n) is 12.0. The Balaban J connectivity index is 1.84. The molecule has 1 aliphatic rings. The fourth-order valence-corrected chi connectivity index (χ4v) is 2.49. The summed E-state index contributed by atoms with van der Waals surface area (Å²) in [7, 11) is 1.37. The normalized spacial score (nSPS) is 18.6. The molecule has 0 N–H and O–H groups in total. The molecule has 0 bridgehead atoms. The van der Waals surface area contributed by atoms with Gasteiger partial charge in [0, 0.05) is 17.4 Å². The number of hydrogen-bond acceptors (Lipinski definition) is 5. The molecule has 0 spiro atoms. The number of ether oxygens (including phenoxy) is 3. The average molecular weight is 290 g/mol. The molecule has 5 nitrogen and oxygen atoms in total. The van der Waals surface area contributed by atoms with E-state index < -0.39 is 0 Å². The molecule has 0 amide bonds. The number of hydrogen-bond donors (Lipinski definition) is 0. The Morgan fingerprint density at radius 3 is 3.05 bits per heavy atom. The number of methoxy groups -OCH3 is 1. The van der Waals surface area contributed by atoms with Gasteiger partial charge in [0.15, 0.2) is 17.6 Å². The highest BCUT2D eigenvalue weighted by Gasteiger charge is 2.19. The number of esters is 1. The lowest BCUT2D eigenvalue weighted by atomic mass is 10.1. The van der Waals surface area contributed by atoms with Gasteiger partial charge in [-0.25, -0.2) is 0 Å². The SMILES string of the molecule is COC(=O)Cc1coc2c(OC3CCCCO3)cccc12. The number of rotatable bonds is 4. The number of benzene rings is 1. The summed E-state index contributed by atoms with van der Waals surface area (Å²) in [6.45, 7) is 0.729. The number of fused-ring (bicyclic) bond motifs is 1. The maximum Gasteiger partial charge on any atom is 0.310 e. The predicted molar refractivity (Wildman–Crippen MR) is 76.2 cm³/mol. The zero-order valence-corrected chi connectivity index (χ0v) is 12.0. The maximum absolute atomic E-state index is 11.4. The molecule has 5 heteroatoms. The molecular formula is C16H18O5. The minimum Gasteiger partial charge on any atom is -0.469 e.